The average Bonchev–Trinajstić information content (AvgIpc) is 2.45. The molecule has 110 valence electrons. The second kappa shape index (κ2) is 4.98. The molecule has 3 rings (SSSR count). The van der Waals surface area contributed by atoms with Crippen molar-refractivity contribution in [3.05, 3.63) is 41.9 Å². The number of anilines is 1. The number of hydrogen-bond acceptors (Lipinski definition) is 5. The first-order valence-corrected chi connectivity index (χ1v) is 7.07. The Morgan fingerprint density at radius 3 is 2.76 bits per heavy atom. The molecule has 0 bridgehead atoms. The minimum absolute atomic E-state index is 0.170. The SMILES string of the molecule is COc1cc(C)nc(N2CC(C)(C)C2c2cccnc2)n1. The summed E-state index contributed by atoms with van der Waals surface area (Å²) in [6.45, 7) is 7.39. The van der Waals surface area contributed by atoms with Crippen LogP contribution in [0, 0.1) is 12.3 Å². The Morgan fingerprint density at radius 2 is 2.14 bits per heavy atom. The monoisotopic (exact) mass is 284 g/mol. The average molecular weight is 284 g/mol. The highest BCUT2D eigenvalue weighted by atomic mass is 16.5. The van der Waals surface area contributed by atoms with Crippen molar-refractivity contribution in [2.45, 2.75) is 26.8 Å². The summed E-state index contributed by atoms with van der Waals surface area (Å²) in [6, 6.07) is 6.16. The van der Waals surface area contributed by atoms with E-state index in [1.165, 1.54) is 5.56 Å². The van der Waals surface area contributed by atoms with Crippen LogP contribution in [-0.2, 0) is 0 Å². The number of nitrogens with zero attached hydrogens (tertiary/aromatic N) is 4. The van der Waals surface area contributed by atoms with Gasteiger partial charge in [-0.2, -0.15) is 4.98 Å². The lowest BCUT2D eigenvalue weighted by molar-refractivity contribution is 0.176. The number of aryl methyl sites for hydroxylation is 1. The van der Waals surface area contributed by atoms with Crippen molar-refractivity contribution in [3.63, 3.8) is 0 Å². The zero-order valence-electron chi connectivity index (χ0n) is 12.9. The van der Waals surface area contributed by atoms with Crippen LogP contribution < -0.4 is 9.64 Å². The number of aromatic nitrogens is 3. The van der Waals surface area contributed by atoms with Gasteiger partial charge in [0.25, 0.3) is 0 Å². The molecule has 1 aliphatic rings. The molecule has 1 fully saturated rings. The van der Waals surface area contributed by atoms with Gasteiger partial charge in [0.1, 0.15) is 0 Å². The van der Waals surface area contributed by atoms with E-state index in [0.29, 0.717) is 5.88 Å². The molecule has 0 N–H and O–H groups in total. The fraction of sp³-hybridized carbons (Fsp3) is 0.438. The molecule has 0 aromatic carbocycles. The largest absolute Gasteiger partial charge is 0.481 e. The lowest BCUT2D eigenvalue weighted by Gasteiger charge is -2.54. The Bertz CT molecular complexity index is 642. The number of pyridine rings is 1. The summed E-state index contributed by atoms with van der Waals surface area (Å²) in [7, 11) is 1.63. The minimum atomic E-state index is 0.170. The molecule has 2 aromatic heterocycles. The van der Waals surface area contributed by atoms with Gasteiger partial charge in [-0.3, -0.25) is 4.98 Å². The van der Waals surface area contributed by atoms with E-state index in [2.05, 4.69) is 39.8 Å². The fourth-order valence-electron chi connectivity index (χ4n) is 3.04. The van der Waals surface area contributed by atoms with Gasteiger partial charge in [-0.1, -0.05) is 19.9 Å². The number of hydrogen-bond donors (Lipinski definition) is 0. The lowest BCUT2D eigenvalue weighted by atomic mass is 9.72. The molecule has 0 saturated carbocycles. The third kappa shape index (κ3) is 2.44. The maximum atomic E-state index is 5.26. The van der Waals surface area contributed by atoms with Gasteiger partial charge in [0.05, 0.1) is 13.2 Å². The first kappa shape index (κ1) is 13.8. The van der Waals surface area contributed by atoms with Crippen molar-refractivity contribution in [3.8, 4) is 5.88 Å². The van der Waals surface area contributed by atoms with Crippen LogP contribution in [0.1, 0.15) is 31.1 Å². The molecule has 1 atom stereocenters. The van der Waals surface area contributed by atoms with Gasteiger partial charge in [0.15, 0.2) is 0 Å². The lowest BCUT2D eigenvalue weighted by Crippen LogP contribution is -2.56. The maximum Gasteiger partial charge on any atom is 0.229 e. The van der Waals surface area contributed by atoms with Gasteiger partial charge in [-0.15, -0.1) is 0 Å². The molecule has 2 aromatic rings. The van der Waals surface area contributed by atoms with Crippen molar-refractivity contribution in [2.24, 2.45) is 5.41 Å². The highest BCUT2D eigenvalue weighted by molar-refractivity contribution is 5.45. The van der Waals surface area contributed by atoms with Crippen molar-refractivity contribution >= 4 is 5.95 Å². The Labute approximate surface area is 125 Å². The molecule has 0 spiro atoms. The second-order valence-electron chi connectivity index (χ2n) is 6.16. The molecular formula is C16H20N4O. The van der Waals surface area contributed by atoms with Gasteiger partial charge < -0.3 is 9.64 Å². The molecule has 5 heteroatoms. The van der Waals surface area contributed by atoms with Crippen LogP contribution in [0.5, 0.6) is 5.88 Å². The van der Waals surface area contributed by atoms with Gasteiger partial charge in [-0.05, 0) is 18.6 Å². The summed E-state index contributed by atoms with van der Waals surface area (Å²) in [5, 5.41) is 0. The van der Waals surface area contributed by atoms with E-state index in [0.717, 1.165) is 18.2 Å². The van der Waals surface area contributed by atoms with E-state index in [9.17, 15) is 0 Å². The smallest absolute Gasteiger partial charge is 0.229 e. The summed E-state index contributed by atoms with van der Waals surface area (Å²) in [5.41, 5.74) is 2.27. The third-order valence-electron chi connectivity index (χ3n) is 3.91. The van der Waals surface area contributed by atoms with Gasteiger partial charge in [0.2, 0.25) is 11.8 Å². The predicted molar refractivity (Wildman–Crippen MR) is 81.4 cm³/mol. The molecule has 1 unspecified atom stereocenters. The Hall–Kier alpha value is -2.17. The first-order valence-electron chi connectivity index (χ1n) is 7.07. The van der Waals surface area contributed by atoms with E-state index < -0.39 is 0 Å². The highest BCUT2D eigenvalue weighted by Gasteiger charge is 2.48. The summed E-state index contributed by atoms with van der Waals surface area (Å²) in [6.07, 6.45) is 3.72. The number of methoxy groups -OCH3 is 1. The molecule has 3 heterocycles. The first-order chi connectivity index (χ1) is 10.0. The van der Waals surface area contributed by atoms with Crippen molar-refractivity contribution in [1.82, 2.24) is 15.0 Å². The third-order valence-corrected chi connectivity index (χ3v) is 3.91. The van der Waals surface area contributed by atoms with Gasteiger partial charge in [-0.25, -0.2) is 4.98 Å². The summed E-state index contributed by atoms with van der Waals surface area (Å²) in [5.74, 6) is 1.33. The van der Waals surface area contributed by atoms with Crippen LogP contribution in [0.15, 0.2) is 30.6 Å². The van der Waals surface area contributed by atoms with Gasteiger partial charge in [0, 0.05) is 36.1 Å². The zero-order chi connectivity index (χ0) is 15.0. The maximum absolute atomic E-state index is 5.26. The van der Waals surface area contributed by atoms with Crippen LogP contribution in [0.3, 0.4) is 0 Å². The second-order valence-corrected chi connectivity index (χ2v) is 6.16. The topological polar surface area (TPSA) is 51.1 Å². The highest BCUT2D eigenvalue weighted by Crippen LogP contribution is 2.49. The molecule has 1 aliphatic heterocycles. The molecule has 5 nitrogen and oxygen atoms in total. The fourth-order valence-corrected chi connectivity index (χ4v) is 3.04. The molecule has 1 saturated heterocycles. The molecule has 0 aliphatic carbocycles. The van der Waals surface area contributed by atoms with Crippen molar-refractivity contribution in [2.75, 3.05) is 18.6 Å². The predicted octanol–water partition coefficient (Wildman–Crippen LogP) is 2.78. The van der Waals surface area contributed by atoms with Crippen LogP contribution in [0.25, 0.3) is 0 Å². The van der Waals surface area contributed by atoms with E-state index in [-0.39, 0.29) is 11.5 Å². The van der Waals surface area contributed by atoms with Crippen LogP contribution in [0.2, 0.25) is 0 Å². The number of rotatable bonds is 3. The molecule has 21 heavy (non-hydrogen) atoms. The van der Waals surface area contributed by atoms with E-state index in [4.69, 9.17) is 4.74 Å². The Morgan fingerprint density at radius 1 is 1.33 bits per heavy atom. The Kier molecular flexibility index (Phi) is 3.27. The van der Waals surface area contributed by atoms with Crippen LogP contribution in [0.4, 0.5) is 5.95 Å². The number of ether oxygens (including phenoxy) is 1. The molecule has 0 radical (unpaired) electrons. The Balaban J connectivity index is 1.98. The van der Waals surface area contributed by atoms with Crippen LogP contribution >= 0.6 is 0 Å². The summed E-state index contributed by atoms with van der Waals surface area (Å²) in [4.78, 5) is 15.5. The zero-order valence-corrected chi connectivity index (χ0v) is 12.9. The van der Waals surface area contributed by atoms with E-state index in [1.807, 2.05) is 25.3 Å². The van der Waals surface area contributed by atoms with E-state index >= 15 is 0 Å². The summed E-state index contributed by atoms with van der Waals surface area (Å²) < 4.78 is 5.26. The van der Waals surface area contributed by atoms with Crippen LogP contribution in [-0.4, -0.2) is 28.6 Å². The summed E-state index contributed by atoms with van der Waals surface area (Å²) >= 11 is 0. The van der Waals surface area contributed by atoms with Crippen molar-refractivity contribution < 1.29 is 4.74 Å². The quantitative estimate of drug-likeness (QED) is 0.867. The normalized spacial score (nSPS) is 20.0. The standard InChI is InChI=1S/C16H20N4O/c1-11-8-13(21-4)19-15(18-11)20-10-16(2,3)14(20)12-6-5-7-17-9-12/h5-9,14H,10H2,1-4H3. The minimum Gasteiger partial charge on any atom is -0.481 e. The van der Waals surface area contributed by atoms with Crippen molar-refractivity contribution in [1.29, 1.82) is 0 Å². The van der Waals surface area contributed by atoms with E-state index in [1.54, 1.807) is 13.3 Å². The van der Waals surface area contributed by atoms with Gasteiger partial charge >= 0.3 is 0 Å². The molecule has 0 amide bonds. The molecular weight excluding hydrogens is 264 g/mol.